The molecule has 1 N–H and O–H groups in total. The number of hydrogen-bond acceptors (Lipinski definition) is 3. The number of rotatable bonds is 3. The number of pyridine rings is 1. The van der Waals surface area contributed by atoms with Crippen LogP contribution in [0.4, 0.5) is 5.69 Å². The van der Waals surface area contributed by atoms with Crippen LogP contribution in [0.25, 0.3) is 10.9 Å². The Labute approximate surface area is 102 Å². The SMILES string of the molecule is CNc1cc(COC)nc2cc(C)cc(C)c12. The Bertz CT molecular complexity index is 549. The Balaban J connectivity index is 2.73. The second kappa shape index (κ2) is 4.72. The summed E-state index contributed by atoms with van der Waals surface area (Å²) in [5.41, 5.74) is 5.58. The number of nitrogens with zero attached hydrogens (tertiary/aromatic N) is 1. The molecule has 1 heterocycles. The van der Waals surface area contributed by atoms with E-state index in [9.17, 15) is 0 Å². The second-order valence-corrected chi connectivity index (χ2v) is 4.32. The lowest BCUT2D eigenvalue weighted by Gasteiger charge is -2.12. The van der Waals surface area contributed by atoms with E-state index < -0.39 is 0 Å². The van der Waals surface area contributed by atoms with Crippen LogP contribution in [0.3, 0.4) is 0 Å². The maximum atomic E-state index is 5.15. The highest BCUT2D eigenvalue weighted by molar-refractivity contribution is 5.94. The van der Waals surface area contributed by atoms with Crippen molar-refractivity contribution in [3.05, 3.63) is 35.0 Å². The minimum Gasteiger partial charge on any atom is -0.388 e. The van der Waals surface area contributed by atoms with Gasteiger partial charge >= 0.3 is 0 Å². The molecule has 0 aliphatic heterocycles. The van der Waals surface area contributed by atoms with Crippen LogP contribution in [0.15, 0.2) is 18.2 Å². The maximum Gasteiger partial charge on any atom is 0.0885 e. The van der Waals surface area contributed by atoms with Gasteiger partial charge in [-0.15, -0.1) is 0 Å². The minimum atomic E-state index is 0.539. The monoisotopic (exact) mass is 230 g/mol. The largest absolute Gasteiger partial charge is 0.388 e. The van der Waals surface area contributed by atoms with E-state index in [1.54, 1.807) is 7.11 Å². The van der Waals surface area contributed by atoms with Crippen LogP contribution in [-0.2, 0) is 11.3 Å². The van der Waals surface area contributed by atoms with Crippen LogP contribution in [0.1, 0.15) is 16.8 Å². The molecule has 0 fully saturated rings. The Kier molecular flexibility index (Phi) is 3.29. The lowest BCUT2D eigenvalue weighted by molar-refractivity contribution is 0.182. The van der Waals surface area contributed by atoms with E-state index in [0.29, 0.717) is 6.61 Å². The molecule has 0 aliphatic rings. The molecule has 3 heteroatoms. The lowest BCUT2D eigenvalue weighted by Crippen LogP contribution is -1.99. The molecule has 17 heavy (non-hydrogen) atoms. The average molecular weight is 230 g/mol. The molecule has 2 rings (SSSR count). The topological polar surface area (TPSA) is 34.1 Å². The van der Waals surface area contributed by atoms with Gasteiger partial charge in [0.1, 0.15) is 0 Å². The molecule has 0 saturated carbocycles. The smallest absolute Gasteiger partial charge is 0.0885 e. The first-order valence-electron chi connectivity index (χ1n) is 5.73. The van der Waals surface area contributed by atoms with E-state index in [1.807, 2.05) is 13.1 Å². The molecule has 0 bridgehead atoms. The van der Waals surface area contributed by atoms with Gasteiger partial charge in [0.15, 0.2) is 0 Å². The Morgan fingerprint density at radius 2 is 2.00 bits per heavy atom. The van der Waals surface area contributed by atoms with E-state index in [2.05, 4.69) is 36.3 Å². The van der Waals surface area contributed by atoms with Crippen molar-refractivity contribution in [3.63, 3.8) is 0 Å². The molecule has 1 aromatic carbocycles. The number of anilines is 1. The molecular weight excluding hydrogens is 212 g/mol. The van der Waals surface area contributed by atoms with Crippen LogP contribution in [0, 0.1) is 13.8 Å². The molecule has 1 aromatic heterocycles. The van der Waals surface area contributed by atoms with E-state index in [-0.39, 0.29) is 0 Å². The highest BCUT2D eigenvalue weighted by Crippen LogP contribution is 2.27. The van der Waals surface area contributed by atoms with Crippen molar-refractivity contribution in [2.45, 2.75) is 20.5 Å². The van der Waals surface area contributed by atoms with Crippen molar-refractivity contribution in [2.75, 3.05) is 19.5 Å². The van der Waals surface area contributed by atoms with Crippen molar-refractivity contribution in [3.8, 4) is 0 Å². The summed E-state index contributed by atoms with van der Waals surface area (Å²) >= 11 is 0. The maximum absolute atomic E-state index is 5.15. The molecule has 0 amide bonds. The summed E-state index contributed by atoms with van der Waals surface area (Å²) in [6.07, 6.45) is 0. The Morgan fingerprint density at radius 3 is 2.65 bits per heavy atom. The van der Waals surface area contributed by atoms with Crippen LogP contribution in [0.2, 0.25) is 0 Å². The molecule has 0 aliphatic carbocycles. The number of nitrogens with one attached hydrogen (secondary N) is 1. The molecular formula is C14H18N2O. The fourth-order valence-corrected chi connectivity index (χ4v) is 2.23. The number of fused-ring (bicyclic) bond motifs is 1. The first kappa shape index (κ1) is 11.9. The van der Waals surface area contributed by atoms with Gasteiger partial charge in [-0.2, -0.15) is 0 Å². The van der Waals surface area contributed by atoms with Crippen molar-refractivity contribution < 1.29 is 4.74 Å². The van der Waals surface area contributed by atoms with Gasteiger partial charge in [0.2, 0.25) is 0 Å². The summed E-state index contributed by atoms with van der Waals surface area (Å²) in [4.78, 5) is 4.63. The molecule has 0 atom stereocenters. The average Bonchev–Trinajstić information content (AvgIpc) is 2.27. The van der Waals surface area contributed by atoms with E-state index in [4.69, 9.17) is 4.74 Å². The number of ether oxygens (including phenoxy) is 1. The third-order valence-corrected chi connectivity index (χ3v) is 2.86. The van der Waals surface area contributed by atoms with Crippen LogP contribution < -0.4 is 5.32 Å². The quantitative estimate of drug-likeness (QED) is 0.880. The summed E-state index contributed by atoms with van der Waals surface area (Å²) in [5.74, 6) is 0. The molecule has 90 valence electrons. The number of aryl methyl sites for hydroxylation is 2. The van der Waals surface area contributed by atoms with E-state index in [0.717, 1.165) is 16.9 Å². The van der Waals surface area contributed by atoms with Gasteiger partial charge < -0.3 is 10.1 Å². The van der Waals surface area contributed by atoms with Crippen molar-refractivity contribution in [2.24, 2.45) is 0 Å². The lowest BCUT2D eigenvalue weighted by atomic mass is 10.0. The van der Waals surface area contributed by atoms with Gasteiger partial charge in [-0.1, -0.05) is 6.07 Å². The normalized spacial score (nSPS) is 10.8. The van der Waals surface area contributed by atoms with Crippen LogP contribution in [0.5, 0.6) is 0 Å². The molecule has 0 radical (unpaired) electrons. The van der Waals surface area contributed by atoms with E-state index >= 15 is 0 Å². The summed E-state index contributed by atoms with van der Waals surface area (Å²) in [6.45, 7) is 4.75. The Morgan fingerprint density at radius 1 is 1.24 bits per heavy atom. The minimum absolute atomic E-state index is 0.539. The summed E-state index contributed by atoms with van der Waals surface area (Å²) in [6, 6.07) is 6.34. The zero-order valence-corrected chi connectivity index (χ0v) is 10.8. The van der Waals surface area contributed by atoms with Gasteiger partial charge in [-0.3, -0.25) is 4.98 Å². The predicted octanol–water partition coefficient (Wildman–Crippen LogP) is 3.04. The van der Waals surface area contributed by atoms with Gasteiger partial charge in [-0.05, 0) is 37.1 Å². The molecule has 2 aromatic rings. The van der Waals surface area contributed by atoms with Gasteiger partial charge in [0.25, 0.3) is 0 Å². The zero-order valence-electron chi connectivity index (χ0n) is 10.8. The predicted molar refractivity (Wildman–Crippen MR) is 71.5 cm³/mol. The number of aromatic nitrogens is 1. The number of benzene rings is 1. The van der Waals surface area contributed by atoms with Crippen LogP contribution in [-0.4, -0.2) is 19.1 Å². The second-order valence-electron chi connectivity index (χ2n) is 4.32. The summed E-state index contributed by atoms with van der Waals surface area (Å²) < 4.78 is 5.15. The molecule has 0 unspecified atom stereocenters. The highest BCUT2D eigenvalue weighted by Gasteiger charge is 2.08. The van der Waals surface area contributed by atoms with Crippen molar-refractivity contribution in [1.82, 2.24) is 4.98 Å². The van der Waals surface area contributed by atoms with E-state index in [1.165, 1.54) is 16.5 Å². The first-order valence-corrected chi connectivity index (χ1v) is 5.73. The summed E-state index contributed by atoms with van der Waals surface area (Å²) in [5, 5.41) is 4.43. The first-order chi connectivity index (χ1) is 8.15. The zero-order chi connectivity index (χ0) is 12.4. The number of hydrogen-bond donors (Lipinski definition) is 1. The molecule has 0 spiro atoms. The third kappa shape index (κ3) is 2.24. The highest BCUT2D eigenvalue weighted by atomic mass is 16.5. The fourth-order valence-electron chi connectivity index (χ4n) is 2.23. The van der Waals surface area contributed by atoms with Gasteiger partial charge in [0.05, 0.1) is 17.8 Å². The summed E-state index contributed by atoms with van der Waals surface area (Å²) in [7, 11) is 3.62. The standard InChI is InChI=1S/C14H18N2O/c1-9-5-10(2)14-12(15-3)7-11(8-17-4)16-13(14)6-9/h5-7H,8H2,1-4H3,(H,15,16). The van der Waals surface area contributed by atoms with Crippen molar-refractivity contribution in [1.29, 1.82) is 0 Å². The van der Waals surface area contributed by atoms with Gasteiger partial charge in [-0.25, -0.2) is 0 Å². The molecule has 3 nitrogen and oxygen atoms in total. The molecule has 0 saturated heterocycles. The number of methoxy groups -OCH3 is 1. The Hall–Kier alpha value is -1.61. The van der Waals surface area contributed by atoms with Crippen molar-refractivity contribution >= 4 is 16.6 Å². The third-order valence-electron chi connectivity index (χ3n) is 2.86. The van der Waals surface area contributed by atoms with Crippen LogP contribution >= 0.6 is 0 Å². The van der Waals surface area contributed by atoms with Gasteiger partial charge in [0, 0.05) is 25.2 Å². The fraction of sp³-hybridized carbons (Fsp3) is 0.357.